The second-order valence-electron chi connectivity index (χ2n) is 7.10. The average Bonchev–Trinajstić information content (AvgIpc) is 3.33. The summed E-state index contributed by atoms with van der Waals surface area (Å²) in [7, 11) is 1.97. The highest BCUT2D eigenvalue weighted by molar-refractivity contribution is 5.77. The number of allylic oxidation sites excluding steroid dienone is 5. The van der Waals surface area contributed by atoms with Crippen LogP contribution in [-0.2, 0) is 9.47 Å². The third kappa shape index (κ3) is 3.05. The molecule has 1 aliphatic carbocycles. The molecule has 0 aromatic heterocycles. The maximum absolute atomic E-state index is 5.72. The third-order valence-electron chi connectivity index (χ3n) is 5.68. The first kappa shape index (κ1) is 18.5. The van der Waals surface area contributed by atoms with Crippen LogP contribution in [-0.4, -0.2) is 20.6 Å². The predicted octanol–water partition coefficient (Wildman–Crippen LogP) is 4.80. The maximum atomic E-state index is 5.72. The standard InChI is InChI=1S/C23H27NO4/c1-5-15-7-9-19-21(27-12-25-19)11-18(15)22(24-4)16(6-2)17-8-10-20-23(14(17)3)28-13-26-20/h5,8,10-11,15,24H,1,6-7,9,12-13H2,2-4H3/b22-16-. The summed E-state index contributed by atoms with van der Waals surface area (Å²) < 4.78 is 22.6. The van der Waals surface area contributed by atoms with Crippen molar-refractivity contribution in [2.75, 3.05) is 20.6 Å². The summed E-state index contributed by atoms with van der Waals surface area (Å²) in [5, 5.41) is 3.46. The molecule has 2 heterocycles. The zero-order chi connectivity index (χ0) is 19.7. The fourth-order valence-electron chi connectivity index (χ4n) is 4.24. The minimum Gasteiger partial charge on any atom is -0.458 e. The molecule has 2 aliphatic heterocycles. The van der Waals surface area contributed by atoms with Crippen LogP contribution in [0.4, 0.5) is 0 Å². The van der Waals surface area contributed by atoms with E-state index >= 15 is 0 Å². The Kier molecular flexibility index (Phi) is 5.07. The highest BCUT2D eigenvalue weighted by Crippen LogP contribution is 2.42. The van der Waals surface area contributed by atoms with E-state index in [-0.39, 0.29) is 12.7 Å². The van der Waals surface area contributed by atoms with E-state index in [4.69, 9.17) is 18.9 Å². The average molecular weight is 381 g/mol. The minimum absolute atomic E-state index is 0.219. The summed E-state index contributed by atoms with van der Waals surface area (Å²) >= 11 is 0. The van der Waals surface area contributed by atoms with Gasteiger partial charge in [-0.05, 0) is 48.6 Å². The lowest BCUT2D eigenvalue weighted by atomic mass is 9.87. The van der Waals surface area contributed by atoms with Crippen molar-refractivity contribution >= 4 is 5.57 Å². The first-order valence-corrected chi connectivity index (χ1v) is 9.81. The molecule has 0 saturated heterocycles. The Morgan fingerprint density at radius 3 is 2.79 bits per heavy atom. The Hall–Kier alpha value is -2.82. The van der Waals surface area contributed by atoms with Gasteiger partial charge in [-0.2, -0.15) is 0 Å². The molecule has 1 N–H and O–H groups in total. The van der Waals surface area contributed by atoms with E-state index in [1.165, 1.54) is 16.7 Å². The van der Waals surface area contributed by atoms with Crippen LogP contribution in [0.5, 0.6) is 11.5 Å². The van der Waals surface area contributed by atoms with Crippen molar-refractivity contribution in [3.05, 3.63) is 64.8 Å². The van der Waals surface area contributed by atoms with Crippen LogP contribution in [0.15, 0.2) is 53.7 Å². The molecule has 4 rings (SSSR count). The summed E-state index contributed by atoms with van der Waals surface area (Å²) in [5.41, 5.74) is 5.80. The van der Waals surface area contributed by atoms with Crippen LogP contribution >= 0.6 is 0 Å². The summed E-state index contributed by atoms with van der Waals surface area (Å²) in [5.74, 6) is 3.65. The third-order valence-corrected chi connectivity index (χ3v) is 5.68. The lowest BCUT2D eigenvalue weighted by molar-refractivity contribution is 0.0708. The van der Waals surface area contributed by atoms with E-state index in [1.54, 1.807) is 0 Å². The van der Waals surface area contributed by atoms with Crippen LogP contribution in [0.2, 0.25) is 0 Å². The van der Waals surface area contributed by atoms with Gasteiger partial charge in [-0.1, -0.05) is 19.1 Å². The zero-order valence-corrected chi connectivity index (χ0v) is 16.8. The van der Waals surface area contributed by atoms with E-state index in [0.29, 0.717) is 6.79 Å². The minimum atomic E-state index is 0.219. The van der Waals surface area contributed by atoms with Gasteiger partial charge in [0.25, 0.3) is 0 Å². The van der Waals surface area contributed by atoms with Crippen LogP contribution in [0.3, 0.4) is 0 Å². The number of likely N-dealkylation sites (N-methyl/N-ethyl adjacent to an activating group) is 1. The number of ether oxygens (including phenoxy) is 4. The number of fused-ring (bicyclic) bond motifs is 1. The SMILES string of the molecule is C=CC1CCC2=C(C=C1/C(NC)=C(\CC)c1ccc3c(c1C)OCO3)OCO2. The number of nitrogens with one attached hydrogen (secondary N) is 1. The van der Waals surface area contributed by atoms with Gasteiger partial charge in [-0.25, -0.2) is 0 Å². The van der Waals surface area contributed by atoms with E-state index in [0.717, 1.165) is 53.5 Å². The van der Waals surface area contributed by atoms with Crippen molar-refractivity contribution < 1.29 is 18.9 Å². The van der Waals surface area contributed by atoms with Crippen molar-refractivity contribution in [2.45, 2.75) is 33.1 Å². The molecule has 0 saturated carbocycles. The molecule has 5 nitrogen and oxygen atoms in total. The monoisotopic (exact) mass is 381 g/mol. The largest absolute Gasteiger partial charge is 0.458 e. The molecule has 28 heavy (non-hydrogen) atoms. The molecule has 0 bridgehead atoms. The van der Waals surface area contributed by atoms with Crippen LogP contribution in [0, 0.1) is 12.8 Å². The van der Waals surface area contributed by atoms with Crippen molar-refractivity contribution in [3.8, 4) is 11.5 Å². The van der Waals surface area contributed by atoms with Crippen LogP contribution in [0.25, 0.3) is 5.57 Å². The van der Waals surface area contributed by atoms with Crippen molar-refractivity contribution in [1.82, 2.24) is 5.32 Å². The second kappa shape index (κ2) is 7.66. The van der Waals surface area contributed by atoms with Gasteiger partial charge in [0.1, 0.15) is 5.76 Å². The molecule has 0 radical (unpaired) electrons. The lowest BCUT2D eigenvalue weighted by Gasteiger charge is -2.23. The first-order chi connectivity index (χ1) is 13.7. The van der Waals surface area contributed by atoms with Gasteiger partial charge in [-0.3, -0.25) is 0 Å². The normalized spacial score (nSPS) is 21.1. The molecule has 1 atom stereocenters. The van der Waals surface area contributed by atoms with Gasteiger partial charge in [0, 0.05) is 30.6 Å². The maximum Gasteiger partial charge on any atom is 0.231 e. The quantitative estimate of drug-likeness (QED) is 0.742. The van der Waals surface area contributed by atoms with E-state index in [1.807, 2.05) is 19.2 Å². The summed E-state index contributed by atoms with van der Waals surface area (Å²) in [6, 6.07) is 4.12. The first-order valence-electron chi connectivity index (χ1n) is 9.81. The second-order valence-corrected chi connectivity index (χ2v) is 7.10. The smallest absolute Gasteiger partial charge is 0.231 e. The predicted molar refractivity (Wildman–Crippen MR) is 109 cm³/mol. The van der Waals surface area contributed by atoms with E-state index in [9.17, 15) is 0 Å². The fraction of sp³-hybridized carbons (Fsp3) is 0.391. The van der Waals surface area contributed by atoms with Crippen molar-refractivity contribution in [3.63, 3.8) is 0 Å². The molecule has 1 aromatic carbocycles. The van der Waals surface area contributed by atoms with Crippen molar-refractivity contribution in [1.29, 1.82) is 0 Å². The molecule has 5 heteroatoms. The Morgan fingerprint density at radius 2 is 2.04 bits per heavy atom. The molecule has 0 amide bonds. The van der Waals surface area contributed by atoms with E-state index < -0.39 is 0 Å². The summed E-state index contributed by atoms with van der Waals surface area (Å²) in [4.78, 5) is 0. The Morgan fingerprint density at radius 1 is 1.21 bits per heavy atom. The van der Waals surface area contributed by atoms with Gasteiger partial charge in [0.15, 0.2) is 17.3 Å². The van der Waals surface area contributed by atoms with Gasteiger partial charge < -0.3 is 24.3 Å². The Labute approximate surface area is 166 Å². The summed E-state index contributed by atoms with van der Waals surface area (Å²) in [6.45, 7) is 8.93. The number of rotatable bonds is 5. The van der Waals surface area contributed by atoms with Crippen LogP contribution in [0.1, 0.15) is 37.3 Å². The number of benzene rings is 1. The molecule has 0 fully saturated rings. The fourth-order valence-corrected chi connectivity index (χ4v) is 4.24. The molecule has 1 aromatic rings. The van der Waals surface area contributed by atoms with Gasteiger partial charge in [0.05, 0.1) is 0 Å². The van der Waals surface area contributed by atoms with Gasteiger partial charge >= 0.3 is 0 Å². The topological polar surface area (TPSA) is 49.0 Å². The van der Waals surface area contributed by atoms with Gasteiger partial charge in [0.2, 0.25) is 13.6 Å². The van der Waals surface area contributed by atoms with Crippen LogP contribution < -0.4 is 14.8 Å². The molecular formula is C23H27NO4. The molecule has 1 unspecified atom stereocenters. The number of hydrogen-bond donors (Lipinski definition) is 1. The zero-order valence-electron chi connectivity index (χ0n) is 16.8. The Bertz CT molecular complexity index is 894. The molecule has 148 valence electrons. The highest BCUT2D eigenvalue weighted by atomic mass is 16.7. The van der Waals surface area contributed by atoms with Gasteiger partial charge in [-0.15, -0.1) is 6.58 Å². The van der Waals surface area contributed by atoms with Crippen molar-refractivity contribution in [2.24, 2.45) is 5.92 Å². The summed E-state index contributed by atoms with van der Waals surface area (Å²) in [6.07, 6.45) is 6.81. The molecule has 3 aliphatic rings. The molecular weight excluding hydrogens is 354 g/mol. The molecule has 0 spiro atoms. The highest BCUT2D eigenvalue weighted by Gasteiger charge is 2.28. The van der Waals surface area contributed by atoms with E-state index in [2.05, 4.69) is 37.9 Å². The number of hydrogen-bond acceptors (Lipinski definition) is 5. The lowest BCUT2D eigenvalue weighted by Crippen LogP contribution is -2.17. The Balaban J connectivity index is 1.87.